The number of benzene rings is 1. The summed E-state index contributed by atoms with van der Waals surface area (Å²) in [5.74, 6) is -0.208. The van der Waals surface area contributed by atoms with Crippen LogP contribution in [0.1, 0.15) is 42.0 Å². The van der Waals surface area contributed by atoms with Gasteiger partial charge in [0.25, 0.3) is 0 Å². The minimum absolute atomic E-state index is 0.0432. The Hall–Kier alpha value is -2.10. The zero-order chi connectivity index (χ0) is 15.7. The number of rotatable bonds is 3. The van der Waals surface area contributed by atoms with E-state index in [1.54, 1.807) is 6.92 Å². The molecule has 0 spiro atoms. The molecule has 112 valence electrons. The molecule has 1 aromatic rings. The third kappa shape index (κ3) is 2.84. The summed E-state index contributed by atoms with van der Waals surface area (Å²) in [7, 11) is 0. The predicted octanol–water partition coefficient (Wildman–Crippen LogP) is 3.71. The molecular weight excluding hydrogens is 266 g/mol. The summed E-state index contributed by atoms with van der Waals surface area (Å²) in [4.78, 5) is 12.3. The highest BCUT2D eigenvalue weighted by Crippen LogP contribution is 2.38. The van der Waals surface area contributed by atoms with E-state index in [1.807, 2.05) is 32.9 Å². The summed E-state index contributed by atoms with van der Waals surface area (Å²) in [5.41, 5.74) is 4.91. The molecule has 1 aliphatic carbocycles. The quantitative estimate of drug-likeness (QED) is 0.506. The Morgan fingerprint density at radius 2 is 1.86 bits per heavy atom. The van der Waals surface area contributed by atoms with Gasteiger partial charge >= 0.3 is 0 Å². The van der Waals surface area contributed by atoms with Gasteiger partial charge in [-0.2, -0.15) is 0 Å². The van der Waals surface area contributed by atoms with Crippen molar-refractivity contribution >= 4 is 17.1 Å². The molecule has 4 heteroatoms. The summed E-state index contributed by atoms with van der Waals surface area (Å²) in [6, 6.07) is 4.04. The van der Waals surface area contributed by atoms with Gasteiger partial charge in [0.15, 0.2) is 5.78 Å². The Bertz CT molecular complexity index is 633. The maximum Gasteiger partial charge on any atom is 0.167 e. The molecule has 2 rings (SSSR count). The van der Waals surface area contributed by atoms with Crippen LogP contribution in [0.2, 0.25) is 0 Å². The number of hydrogen-bond donors (Lipinski definition) is 2. The van der Waals surface area contributed by atoms with Crippen molar-refractivity contribution in [3.05, 3.63) is 40.1 Å². The third-order valence-electron chi connectivity index (χ3n) is 3.99. The molecule has 0 bridgehead atoms. The maximum atomic E-state index is 12.3. The topological polar surface area (TPSA) is 69.9 Å². The summed E-state index contributed by atoms with van der Waals surface area (Å²) in [6.07, 6.45) is 0.655. The Labute approximate surface area is 124 Å². The summed E-state index contributed by atoms with van der Waals surface area (Å²) >= 11 is 0. The Balaban J connectivity index is 2.50. The molecule has 0 fully saturated rings. The van der Waals surface area contributed by atoms with Crippen molar-refractivity contribution in [3.8, 4) is 0 Å². The van der Waals surface area contributed by atoms with Gasteiger partial charge in [0.05, 0.1) is 11.3 Å². The van der Waals surface area contributed by atoms with Crippen LogP contribution in [0.15, 0.2) is 23.0 Å². The molecule has 0 heterocycles. The van der Waals surface area contributed by atoms with E-state index in [0.29, 0.717) is 17.7 Å². The highest BCUT2D eigenvalue weighted by Gasteiger charge is 2.34. The lowest BCUT2D eigenvalue weighted by Crippen LogP contribution is -2.06. The van der Waals surface area contributed by atoms with Crippen LogP contribution < -0.4 is 0 Å². The van der Waals surface area contributed by atoms with Gasteiger partial charge in [0, 0.05) is 12.3 Å². The fraction of sp³-hybridized carbons (Fsp3) is 0.412. The van der Waals surface area contributed by atoms with E-state index in [4.69, 9.17) is 5.21 Å². The first-order valence-electron chi connectivity index (χ1n) is 7.07. The molecule has 1 unspecified atom stereocenters. The minimum Gasteiger partial charge on any atom is -0.511 e. The zero-order valence-electron chi connectivity index (χ0n) is 12.9. The molecule has 1 aliphatic rings. The zero-order valence-corrected chi connectivity index (χ0v) is 12.9. The van der Waals surface area contributed by atoms with Gasteiger partial charge < -0.3 is 10.3 Å². The first kappa shape index (κ1) is 15.3. The third-order valence-corrected chi connectivity index (χ3v) is 3.99. The molecule has 1 aromatic carbocycles. The molecular formula is C17H21NO3. The second kappa shape index (κ2) is 5.72. The van der Waals surface area contributed by atoms with Crippen molar-refractivity contribution in [1.82, 2.24) is 0 Å². The van der Waals surface area contributed by atoms with Crippen LogP contribution in [0.5, 0.6) is 0 Å². The van der Waals surface area contributed by atoms with Crippen molar-refractivity contribution in [2.45, 2.75) is 40.5 Å². The number of oxime groups is 1. The van der Waals surface area contributed by atoms with Crippen LogP contribution in [0, 0.1) is 26.7 Å². The predicted molar refractivity (Wildman–Crippen MR) is 82.8 cm³/mol. The van der Waals surface area contributed by atoms with E-state index in [9.17, 15) is 9.90 Å². The number of hydrogen-bond acceptors (Lipinski definition) is 4. The van der Waals surface area contributed by atoms with Crippen molar-refractivity contribution < 1.29 is 15.1 Å². The van der Waals surface area contributed by atoms with Crippen molar-refractivity contribution in [3.63, 3.8) is 0 Å². The normalized spacial score (nSPS) is 19.5. The maximum absolute atomic E-state index is 12.3. The number of carbonyl (C=O) groups excluding carboxylic acids is 1. The van der Waals surface area contributed by atoms with Crippen LogP contribution in [0.3, 0.4) is 0 Å². The fourth-order valence-corrected chi connectivity index (χ4v) is 3.18. The van der Waals surface area contributed by atoms with E-state index in [-0.39, 0.29) is 23.9 Å². The van der Waals surface area contributed by atoms with Crippen LogP contribution in [0.4, 0.5) is 0 Å². The lowest BCUT2D eigenvalue weighted by Gasteiger charge is -2.13. The molecule has 0 aliphatic heterocycles. The van der Waals surface area contributed by atoms with Gasteiger partial charge in [0.1, 0.15) is 5.76 Å². The minimum atomic E-state index is -0.288. The highest BCUT2D eigenvalue weighted by atomic mass is 16.4. The van der Waals surface area contributed by atoms with Gasteiger partial charge in [-0.3, -0.25) is 4.79 Å². The average Bonchev–Trinajstić information content (AvgIpc) is 2.65. The Kier molecular flexibility index (Phi) is 4.16. The molecule has 2 N–H and O–H groups in total. The lowest BCUT2D eigenvalue weighted by molar-refractivity contribution is -0.113. The standard InChI is InChI=1S/C17H21NO3/c1-9-5-10(2)15(11(3)6-9)16-14(19)8-13(17(16)20)7-12(4)18-21/h5-6,13,20-21H,7-8H2,1-4H3. The second-order valence-corrected chi connectivity index (χ2v) is 5.90. The van der Waals surface area contributed by atoms with Crippen LogP contribution in [0.25, 0.3) is 5.57 Å². The van der Waals surface area contributed by atoms with Crippen molar-refractivity contribution in [2.24, 2.45) is 11.1 Å². The second-order valence-electron chi connectivity index (χ2n) is 5.90. The SMILES string of the molecule is CC(CC1CC(=O)C(c2c(C)cc(C)cc2C)=C1O)=NO. The van der Waals surface area contributed by atoms with Crippen LogP contribution in [-0.2, 0) is 4.79 Å². The number of nitrogens with zero attached hydrogens (tertiary/aromatic N) is 1. The highest BCUT2D eigenvalue weighted by molar-refractivity contribution is 6.24. The van der Waals surface area contributed by atoms with E-state index >= 15 is 0 Å². The average molecular weight is 287 g/mol. The largest absolute Gasteiger partial charge is 0.511 e. The number of Topliss-reactive ketones (excluding diaryl/α,β-unsaturated/α-hetero) is 1. The number of aliphatic hydroxyl groups is 1. The molecule has 4 nitrogen and oxygen atoms in total. The van der Waals surface area contributed by atoms with Crippen molar-refractivity contribution in [1.29, 1.82) is 0 Å². The smallest absolute Gasteiger partial charge is 0.167 e. The molecule has 0 saturated heterocycles. The molecule has 0 aromatic heterocycles. The summed E-state index contributed by atoms with van der Waals surface area (Å²) in [5, 5.41) is 22.3. The molecule has 0 saturated carbocycles. The van der Waals surface area contributed by atoms with E-state index in [2.05, 4.69) is 5.16 Å². The molecule has 1 atom stereocenters. The van der Waals surface area contributed by atoms with E-state index in [0.717, 1.165) is 22.3 Å². The van der Waals surface area contributed by atoms with Gasteiger partial charge in [-0.15, -0.1) is 0 Å². The van der Waals surface area contributed by atoms with Gasteiger partial charge in [-0.25, -0.2) is 0 Å². The number of ketones is 1. The molecule has 0 amide bonds. The first-order chi connectivity index (χ1) is 9.85. The monoisotopic (exact) mass is 287 g/mol. The molecule has 21 heavy (non-hydrogen) atoms. The number of aliphatic hydroxyl groups excluding tert-OH is 1. The van der Waals surface area contributed by atoms with Crippen LogP contribution in [-0.4, -0.2) is 21.8 Å². The fourth-order valence-electron chi connectivity index (χ4n) is 3.18. The van der Waals surface area contributed by atoms with Crippen LogP contribution >= 0.6 is 0 Å². The van der Waals surface area contributed by atoms with E-state index in [1.165, 1.54) is 0 Å². The first-order valence-corrected chi connectivity index (χ1v) is 7.07. The van der Waals surface area contributed by atoms with Gasteiger partial charge in [0.2, 0.25) is 0 Å². The number of aryl methyl sites for hydroxylation is 3. The number of allylic oxidation sites excluding steroid dienone is 2. The van der Waals surface area contributed by atoms with Gasteiger partial charge in [-0.05, 0) is 50.8 Å². The summed E-state index contributed by atoms with van der Waals surface area (Å²) in [6.45, 7) is 7.60. The molecule has 0 radical (unpaired) electrons. The lowest BCUT2D eigenvalue weighted by atomic mass is 9.92. The Morgan fingerprint density at radius 1 is 1.29 bits per heavy atom. The number of carbonyl (C=O) groups is 1. The van der Waals surface area contributed by atoms with E-state index < -0.39 is 0 Å². The van der Waals surface area contributed by atoms with Gasteiger partial charge in [-0.1, -0.05) is 22.9 Å². The van der Waals surface area contributed by atoms with Crippen molar-refractivity contribution in [2.75, 3.05) is 0 Å². The summed E-state index contributed by atoms with van der Waals surface area (Å²) < 4.78 is 0. The Morgan fingerprint density at radius 3 is 2.38 bits per heavy atom.